The van der Waals surface area contributed by atoms with Crippen molar-refractivity contribution in [2.75, 3.05) is 0 Å². The number of nitrogens with zero attached hydrogens (tertiary/aromatic N) is 1. The molecule has 6 aromatic carbocycles. The van der Waals surface area contributed by atoms with Gasteiger partial charge in [0.1, 0.15) is 4.21 Å². The molecule has 9 rings (SSSR count). The van der Waals surface area contributed by atoms with Gasteiger partial charge in [-0.2, -0.15) is 0 Å². The number of benzene rings is 6. The van der Waals surface area contributed by atoms with E-state index in [0.717, 1.165) is 36.1 Å². The van der Waals surface area contributed by atoms with E-state index in [1.807, 2.05) is 95.9 Å². The molecule has 0 radical (unpaired) electrons. The van der Waals surface area contributed by atoms with E-state index >= 15 is 0 Å². The van der Waals surface area contributed by atoms with Gasteiger partial charge in [0.05, 0.1) is 19.5 Å². The highest BCUT2D eigenvalue weighted by Crippen LogP contribution is 2.36. The summed E-state index contributed by atoms with van der Waals surface area (Å²) in [6.45, 7) is 9.13. The topological polar surface area (TPSA) is 64.5 Å². The van der Waals surface area contributed by atoms with Gasteiger partial charge in [0.25, 0.3) is 0 Å². The zero-order valence-corrected chi connectivity index (χ0v) is 42.0. The van der Waals surface area contributed by atoms with Crippen molar-refractivity contribution in [3.8, 4) is 33.4 Å². The number of sulfone groups is 1. The molecule has 0 spiro atoms. The van der Waals surface area contributed by atoms with Gasteiger partial charge in [0.15, 0.2) is 0 Å². The zero-order valence-electron chi connectivity index (χ0n) is 34.6. The van der Waals surface area contributed by atoms with E-state index in [2.05, 4.69) is 131 Å². The number of nitrogens with two attached hydrogens (primary N) is 1. The molecular weight excluding hydrogens is 1020 g/mol. The van der Waals surface area contributed by atoms with Crippen LogP contribution in [-0.2, 0) is 22.8 Å². The Labute approximate surface area is 428 Å². The highest BCUT2D eigenvalue weighted by atomic mass is 79.9. The molecule has 2 N–H and O–H groups in total. The lowest BCUT2D eigenvalue weighted by Crippen LogP contribution is -1.99. The van der Waals surface area contributed by atoms with Gasteiger partial charge in [-0.25, -0.2) is 13.3 Å². The molecular formula is C54H52BrClN2O2S6. The fourth-order valence-electron chi connectivity index (χ4n) is 5.97. The van der Waals surface area contributed by atoms with Gasteiger partial charge in [-0.15, -0.1) is 59.0 Å². The molecule has 3 aromatic heterocycles. The Kier molecular flexibility index (Phi) is 24.0. The molecule has 0 saturated carbocycles. The van der Waals surface area contributed by atoms with E-state index in [1.165, 1.54) is 58.9 Å². The standard InChI is InChI=1S/C18H16S2.C17H15NO2S2.C12H10S.C5H2BrNS.2CH4.ClH/c1-2-16-11-12-18(19-16)20-17-10-6-9-15(13-17)14-7-4-3-5-8-14;18-12-15-9-10-17(21-15)22(19,20)16-8-4-7-14(11-16)13-5-2-1-3-6-13;13-12-8-4-7-11(9-12)10-5-2-1-3-6-10;1-7-5-3-2-4(6)8-5;;;/h3-13H,2H2,1H3;1-11H,12,18H2;1-9,13H;2-3H;2*1H4;1H. The summed E-state index contributed by atoms with van der Waals surface area (Å²) in [5.41, 5.74) is 12.4. The van der Waals surface area contributed by atoms with E-state index in [4.69, 9.17) is 12.3 Å². The molecule has 12 heteroatoms. The van der Waals surface area contributed by atoms with Crippen molar-refractivity contribution in [2.45, 2.75) is 57.8 Å². The zero-order chi connectivity index (χ0) is 44.4. The van der Waals surface area contributed by atoms with E-state index < -0.39 is 9.84 Å². The number of hydrogen-bond donors (Lipinski definition) is 2. The van der Waals surface area contributed by atoms with Crippen LogP contribution in [-0.4, -0.2) is 8.42 Å². The van der Waals surface area contributed by atoms with Gasteiger partial charge in [-0.05, 0) is 129 Å². The Morgan fingerprint density at radius 1 is 0.591 bits per heavy atom. The third-order valence-electron chi connectivity index (χ3n) is 9.12. The monoisotopic (exact) mass is 1070 g/mol. The van der Waals surface area contributed by atoms with Crippen LogP contribution in [0.4, 0.5) is 5.00 Å². The first-order chi connectivity index (χ1) is 30.6. The van der Waals surface area contributed by atoms with Crippen molar-refractivity contribution in [1.82, 2.24) is 0 Å². The molecule has 9 aromatic rings. The van der Waals surface area contributed by atoms with Gasteiger partial charge in [0, 0.05) is 26.1 Å². The number of halogens is 2. The smallest absolute Gasteiger partial charge is 0.242 e. The van der Waals surface area contributed by atoms with Crippen LogP contribution < -0.4 is 5.73 Å². The first kappa shape index (κ1) is 55.6. The molecule has 0 saturated heterocycles. The van der Waals surface area contributed by atoms with E-state index in [0.29, 0.717) is 15.6 Å². The summed E-state index contributed by atoms with van der Waals surface area (Å²) in [5, 5.41) is 0.733. The number of thiophene rings is 3. The number of thiol groups is 1. The van der Waals surface area contributed by atoms with Crippen LogP contribution in [0, 0.1) is 6.57 Å². The van der Waals surface area contributed by atoms with Crippen LogP contribution in [0.2, 0.25) is 0 Å². The van der Waals surface area contributed by atoms with Crippen LogP contribution in [0.5, 0.6) is 0 Å². The first-order valence-corrected chi connectivity index (χ1v) is 25.7. The van der Waals surface area contributed by atoms with E-state index in [1.54, 1.807) is 36.4 Å². The largest absolute Gasteiger partial charge is 0.326 e. The van der Waals surface area contributed by atoms with Crippen LogP contribution in [0.15, 0.2) is 227 Å². The Hall–Kier alpha value is -4.71. The fourth-order valence-corrected chi connectivity index (χ4v) is 12.2. The van der Waals surface area contributed by atoms with Gasteiger partial charge >= 0.3 is 0 Å². The molecule has 0 unspecified atom stereocenters. The van der Waals surface area contributed by atoms with Crippen molar-refractivity contribution in [3.05, 3.63) is 225 Å². The van der Waals surface area contributed by atoms with Gasteiger partial charge in [-0.3, -0.25) is 0 Å². The van der Waals surface area contributed by atoms with Crippen LogP contribution in [0.1, 0.15) is 31.5 Å². The lowest BCUT2D eigenvalue weighted by atomic mass is 10.1. The molecule has 0 aliphatic rings. The Morgan fingerprint density at radius 3 is 1.58 bits per heavy atom. The van der Waals surface area contributed by atoms with Crippen molar-refractivity contribution in [1.29, 1.82) is 0 Å². The molecule has 0 amide bonds. The van der Waals surface area contributed by atoms with Crippen LogP contribution in [0.25, 0.3) is 38.2 Å². The highest BCUT2D eigenvalue weighted by molar-refractivity contribution is 9.11. The first-order valence-electron chi connectivity index (χ1n) is 19.7. The van der Waals surface area contributed by atoms with Gasteiger partial charge in [-0.1, -0.05) is 161 Å². The van der Waals surface area contributed by atoms with Crippen molar-refractivity contribution in [3.63, 3.8) is 0 Å². The number of aryl methyl sites for hydroxylation is 1. The van der Waals surface area contributed by atoms with Gasteiger partial charge < -0.3 is 5.73 Å². The SMILES string of the molecule is C.C.CCc1ccc(Sc2cccc(-c3ccccc3)c2)s1.Cl.NCc1ccc(S(=O)(=O)c2cccc(-c3ccccc3)c2)s1.Sc1cccc(-c2ccccc2)c1.[C-]#[N+]c1ccc(Br)s1. The summed E-state index contributed by atoms with van der Waals surface area (Å²) in [5.74, 6) is 0. The quantitative estimate of drug-likeness (QED) is 0.112. The molecule has 0 atom stereocenters. The maximum Gasteiger partial charge on any atom is 0.242 e. The predicted molar refractivity (Wildman–Crippen MR) is 297 cm³/mol. The highest BCUT2D eigenvalue weighted by Gasteiger charge is 2.20. The second kappa shape index (κ2) is 28.5. The maximum absolute atomic E-state index is 12.7. The molecule has 340 valence electrons. The van der Waals surface area contributed by atoms with Crippen molar-refractivity contribution < 1.29 is 8.42 Å². The summed E-state index contributed by atoms with van der Waals surface area (Å²) in [6.07, 6.45) is 1.12. The second-order valence-corrected chi connectivity index (χ2v) is 22.3. The molecule has 0 aliphatic heterocycles. The summed E-state index contributed by atoms with van der Waals surface area (Å²) in [7, 11) is -3.50. The molecule has 0 bridgehead atoms. The third kappa shape index (κ3) is 16.6. The van der Waals surface area contributed by atoms with E-state index in [9.17, 15) is 8.42 Å². The second-order valence-electron chi connectivity index (χ2n) is 13.5. The minimum atomic E-state index is -3.50. The lowest BCUT2D eigenvalue weighted by Gasteiger charge is -2.06. The minimum Gasteiger partial charge on any atom is -0.326 e. The summed E-state index contributed by atoms with van der Waals surface area (Å²) in [4.78, 5) is 8.15. The summed E-state index contributed by atoms with van der Waals surface area (Å²) in [6, 6.07) is 66.0. The Balaban J connectivity index is 0.000000242. The van der Waals surface area contributed by atoms with Crippen molar-refractivity contribution in [2.24, 2.45) is 5.73 Å². The fraction of sp³-hybridized carbons (Fsp3) is 0.0926. The summed E-state index contributed by atoms with van der Waals surface area (Å²) >= 11 is 14.0. The lowest BCUT2D eigenvalue weighted by molar-refractivity contribution is 0.598. The minimum absolute atomic E-state index is 0. The van der Waals surface area contributed by atoms with Crippen LogP contribution >= 0.6 is 86.7 Å². The molecule has 3 heterocycles. The average molecular weight is 1070 g/mol. The molecule has 0 fully saturated rings. The normalized spacial score (nSPS) is 10.0. The third-order valence-corrected chi connectivity index (χ3v) is 16.6. The van der Waals surface area contributed by atoms with Crippen molar-refractivity contribution >= 4 is 102 Å². The molecule has 0 aliphatic carbocycles. The molecule has 66 heavy (non-hydrogen) atoms. The Morgan fingerprint density at radius 2 is 1.11 bits per heavy atom. The molecule has 4 nitrogen and oxygen atoms in total. The van der Waals surface area contributed by atoms with Crippen LogP contribution in [0.3, 0.4) is 0 Å². The number of hydrogen-bond acceptors (Lipinski definition) is 8. The van der Waals surface area contributed by atoms with Gasteiger partial charge in [0.2, 0.25) is 14.8 Å². The predicted octanol–water partition coefficient (Wildman–Crippen LogP) is 18.2. The van der Waals surface area contributed by atoms with E-state index in [-0.39, 0.29) is 27.3 Å². The maximum atomic E-state index is 12.7. The Bertz CT molecular complexity index is 2970. The average Bonchev–Trinajstić information content (AvgIpc) is 4.13. The number of rotatable bonds is 9. The summed E-state index contributed by atoms with van der Waals surface area (Å²) < 4.78 is 28.1.